The van der Waals surface area contributed by atoms with Gasteiger partial charge in [-0.1, -0.05) is 12.5 Å². The zero-order valence-electron chi connectivity index (χ0n) is 14.8. The molecule has 2 saturated carbocycles. The molecule has 1 aromatic rings. The predicted molar refractivity (Wildman–Crippen MR) is 95.1 cm³/mol. The third kappa shape index (κ3) is 3.15. The van der Waals surface area contributed by atoms with E-state index in [4.69, 9.17) is 4.74 Å². The molecule has 1 aromatic carbocycles. The van der Waals surface area contributed by atoms with Crippen LogP contribution in [0.2, 0.25) is 0 Å². The third-order valence-corrected chi connectivity index (χ3v) is 6.88. The van der Waals surface area contributed by atoms with Crippen LogP contribution in [0.4, 0.5) is 0 Å². The molecule has 1 aliphatic heterocycles. The van der Waals surface area contributed by atoms with Gasteiger partial charge in [0.2, 0.25) is 0 Å². The molecule has 2 unspecified atom stereocenters. The lowest BCUT2D eigenvalue weighted by molar-refractivity contribution is 0.156. The van der Waals surface area contributed by atoms with Gasteiger partial charge >= 0.3 is 0 Å². The molecule has 2 aliphatic carbocycles. The van der Waals surface area contributed by atoms with Crippen molar-refractivity contribution in [2.45, 2.75) is 51.4 Å². The maximum atomic E-state index is 5.34. The molecule has 126 valence electrons. The molecule has 0 radical (unpaired) electrons. The molecule has 3 fully saturated rings. The fourth-order valence-electron chi connectivity index (χ4n) is 5.59. The fourth-order valence-corrected chi connectivity index (χ4v) is 5.59. The molecule has 1 saturated heterocycles. The van der Waals surface area contributed by atoms with Crippen LogP contribution in [0.15, 0.2) is 18.2 Å². The number of hydrogen-bond donors (Lipinski definition) is 0. The zero-order chi connectivity index (χ0) is 15.8. The minimum atomic E-state index is 0.747. The van der Waals surface area contributed by atoms with E-state index in [1.165, 1.54) is 57.3 Å². The van der Waals surface area contributed by atoms with Gasteiger partial charge in [-0.3, -0.25) is 0 Å². The Morgan fingerprint density at radius 2 is 1.91 bits per heavy atom. The number of benzene rings is 1. The number of hydrogen-bond acceptors (Lipinski definition) is 2. The van der Waals surface area contributed by atoms with E-state index in [2.05, 4.69) is 30.0 Å². The third-order valence-electron chi connectivity index (χ3n) is 6.88. The quantitative estimate of drug-likeness (QED) is 0.804. The van der Waals surface area contributed by atoms with E-state index in [0.717, 1.165) is 29.4 Å². The number of likely N-dealkylation sites (tertiary alicyclic amines) is 1. The van der Waals surface area contributed by atoms with Gasteiger partial charge in [0.15, 0.2) is 0 Å². The molecule has 3 aliphatic rings. The maximum Gasteiger partial charge on any atom is 0.119 e. The maximum absolute atomic E-state index is 5.34. The molecule has 4 rings (SSSR count). The van der Waals surface area contributed by atoms with Gasteiger partial charge in [-0.2, -0.15) is 0 Å². The summed E-state index contributed by atoms with van der Waals surface area (Å²) in [6, 6.07) is 6.62. The molecule has 2 nitrogen and oxygen atoms in total. The first-order valence-corrected chi connectivity index (χ1v) is 9.60. The van der Waals surface area contributed by atoms with Gasteiger partial charge in [0, 0.05) is 6.54 Å². The largest absolute Gasteiger partial charge is 0.497 e. The van der Waals surface area contributed by atoms with Gasteiger partial charge < -0.3 is 9.64 Å². The Morgan fingerprint density at radius 1 is 1.09 bits per heavy atom. The summed E-state index contributed by atoms with van der Waals surface area (Å²) in [6.07, 6.45) is 8.78. The van der Waals surface area contributed by atoms with Crippen LogP contribution < -0.4 is 4.74 Å². The summed E-state index contributed by atoms with van der Waals surface area (Å²) in [6.45, 7) is 6.21. The standard InChI is InChI=1S/C21H31NO/c1-15-11-20(23-2)5-6-21(15)17-7-9-22(10-8-17)14-19-13-16-3-4-18(19)12-16/h5-6,11,16-19H,3-4,7-10,12-14H2,1-2H3/t16-,18?,19?/m0/s1. The first-order valence-electron chi connectivity index (χ1n) is 9.60. The van der Waals surface area contributed by atoms with E-state index < -0.39 is 0 Å². The summed E-state index contributed by atoms with van der Waals surface area (Å²) in [5.74, 6) is 4.91. The van der Waals surface area contributed by atoms with E-state index >= 15 is 0 Å². The first-order chi connectivity index (χ1) is 11.2. The highest BCUT2D eigenvalue weighted by Crippen LogP contribution is 2.48. The molecule has 23 heavy (non-hydrogen) atoms. The lowest BCUT2D eigenvalue weighted by Crippen LogP contribution is -2.37. The molecule has 0 aromatic heterocycles. The number of piperidine rings is 1. The van der Waals surface area contributed by atoms with Gasteiger partial charge in [-0.05, 0) is 99.0 Å². The smallest absolute Gasteiger partial charge is 0.119 e. The number of ether oxygens (including phenoxy) is 1. The number of aryl methyl sites for hydroxylation is 1. The van der Waals surface area contributed by atoms with Crippen molar-refractivity contribution >= 4 is 0 Å². The average Bonchev–Trinajstić information content (AvgIpc) is 3.18. The topological polar surface area (TPSA) is 12.5 Å². The van der Waals surface area contributed by atoms with Crippen molar-refractivity contribution in [3.8, 4) is 5.75 Å². The van der Waals surface area contributed by atoms with E-state index in [1.807, 2.05) is 0 Å². The molecule has 1 heterocycles. The van der Waals surface area contributed by atoms with E-state index in [-0.39, 0.29) is 0 Å². The van der Waals surface area contributed by atoms with Crippen molar-refractivity contribution in [3.05, 3.63) is 29.3 Å². The van der Waals surface area contributed by atoms with Crippen LogP contribution in [0.3, 0.4) is 0 Å². The highest BCUT2D eigenvalue weighted by atomic mass is 16.5. The molecule has 2 bridgehead atoms. The molecule has 2 heteroatoms. The Morgan fingerprint density at radius 3 is 2.52 bits per heavy atom. The van der Waals surface area contributed by atoms with E-state index in [1.54, 1.807) is 19.1 Å². The van der Waals surface area contributed by atoms with Crippen LogP contribution in [-0.4, -0.2) is 31.6 Å². The Labute approximate surface area is 141 Å². The molecule has 3 atom stereocenters. The number of nitrogens with zero attached hydrogens (tertiary/aromatic N) is 1. The number of rotatable bonds is 4. The summed E-state index contributed by atoms with van der Waals surface area (Å²) >= 11 is 0. The minimum absolute atomic E-state index is 0.747. The summed E-state index contributed by atoms with van der Waals surface area (Å²) in [4.78, 5) is 2.76. The van der Waals surface area contributed by atoms with Crippen LogP contribution >= 0.6 is 0 Å². The van der Waals surface area contributed by atoms with Crippen LogP contribution in [0, 0.1) is 24.7 Å². The highest BCUT2D eigenvalue weighted by molar-refractivity contribution is 5.37. The Kier molecular flexibility index (Phi) is 4.36. The molecule has 0 spiro atoms. The van der Waals surface area contributed by atoms with Crippen LogP contribution in [0.1, 0.15) is 55.6 Å². The SMILES string of the molecule is COc1ccc(C2CCN(CC3C[C@H]4CCC3C4)CC2)c(C)c1. The van der Waals surface area contributed by atoms with Gasteiger partial charge in [0.25, 0.3) is 0 Å². The van der Waals surface area contributed by atoms with E-state index in [9.17, 15) is 0 Å². The van der Waals surface area contributed by atoms with Crippen molar-refractivity contribution in [1.82, 2.24) is 4.90 Å². The Balaban J connectivity index is 1.32. The van der Waals surface area contributed by atoms with Crippen molar-refractivity contribution < 1.29 is 4.74 Å². The summed E-state index contributed by atoms with van der Waals surface area (Å²) < 4.78 is 5.34. The van der Waals surface area contributed by atoms with Crippen molar-refractivity contribution in [3.63, 3.8) is 0 Å². The van der Waals surface area contributed by atoms with Gasteiger partial charge in [-0.15, -0.1) is 0 Å². The van der Waals surface area contributed by atoms with Gasteiger partial charge in [-0.25, -0.2) is 0 Å². The minimum Gasteiger partial charge on any atom is -0.497 e. The lowest BCUT2D eigenvalue weighted by Gasteiger charge is -2.36. The second-order valence-electron chi connectivity index (χ2n) is 8.23. The fraction of sp³-hybridized carbons (Fsp3) is 0.714. The van der Waals surface area contributed by atoms with Crippen molar-refractivity contribution in [2.75, 3.05) is 26.7 Å². The van der Waals surface area contributed by atoms with Crippen LogP contribution in [0.5, 0.6) is 5.75 Å². The molecule has 0 N–H and O–H groups in total. The Bertz CT molecular complexity index is 547. The van der Waals surface area contributed by atoms with Crippen LogP contribution in [-0.2, 0) is 0 Å². The van der Waals surface area contributed by atoms with Gasteiger partial charge in [0.05, 0.1) is 7.11 Å². The number of fused-ring (bicyclic) bond motifs is 2. The summed E-state index contributed by atoms with van der Waals surface area (Å²) in [5.41, 5.74) is 2.95. The monoisotopic (exact) mass is 313 g/mol. The van der Waals surface area contributed by atoms with Crippen molar-refractivity contribution in [2.24, 2.45) is 17.8 Å². The molecular weight excluding hydrogens is 282 g/mol. The van der Waals surface area contributed by atoms with Crippen LogP contribution in [0.25, 0.3) is 0 Å². The summed E-state index contributed by atoms with van der Waals surface area (Å²) in [7, 11) is 1.75. The van der Waals surface area contributed by atoms with E-state index in [0.29, 0.717) is 0 Å². The second kappa shape index (κ2) is 6.47. The zero-order valence-corrected chi connectivity index (χ0v) is 14.8. The van der Waals surface area contributed by atoms with Gasteiger partial charge in [0.1, 0.15) is 5.75 Å². The second-order valence-corrected chi connectivity index (χ2v) is 8.23. The van der Waals surface area contributed by atoms with Crippen molar-refractivity contribution in [1.29, 1.82) is 0 Å². The molecular formula is C21H31NO. The highest BCUT2D eigenvalue weighted by Gasteiger charge is 2.40. The normalized spacial score (nSPS) is 31.7. The molecule has 0 amide bonds. The lowest BCUT2D eigenvalue weighted by atomic mass is 9.85. The summed E-state index contributed by atoms with van der Waals surface area (Å²) in [5, 5.41) is 0. The number of methoxy groups -OCH3 is 1. The predicted octanol–water partition coefficient (Wildman–Crippen LogP) is 4.62. The first kappa shape index (κ1) is 15.5. The average molecular weight is 313 g/mol. The Hall–Kier alpha value is -1.02.